The van der Waals surface area contributed by atoms with E-state index in [1.165, 1.54) is 26.7 Å². The maximum absolute atomic E-state index is 12.3. The lowest BCUT2D eigenvalue weighted by Crippen LogP contribution is -2.43. The van der Waals surface area contributed by atoms with E-state index in [1.807, 2.05) is 62.4 Å². The number of piperazine rings is 1. The molecule has 1 aliphatic rings. The molecular formula is C28H42N4O4. The average Bonchev–Trinajstić information content (AvgIpc) is 2.91. The first-order valence-corrected chi connectivity index (χ1v) is 12.7. The lowest BCUT2D eigenvalue weighted by Gasteiger charge is -2.26. The number of amides is 2. The second-order valence-electron chi connectivity index (χ2n) is 8.61. The van der Waals surface area contributed by atoms with Crippen LogP contribution in [0.5, 0.6) is 0 Å². The van der Waals surface area contributed by atoms with Gasteiger partial charge in [0.25, 0.3) is 5.91 Å². The SMILES string of the molecule is CCN(CC)C(=O)c1ccc(Cc2cccc(NC(=O)OC)c2)cc1.COCCCN1CCNCC1. The highest BCUT2D eigenvalue weighted by Gasteiger charge is 2.12. The summed E-state index contributed by atoms with van der Waals surface area (Å²) in [4.78, 5) is 27.9. The Labute approximate surface area is 215 Å². The van der Waals surface area contributed by atoms with E-state index in [1.54, 1.807) is 12.0 Å². The van der Waals surface area contributed by atoms with E-state index in [2.05, 4.69) is 20.3 Å². The van der Waals surface area contributed by atoms with Crippen LogP contribution in [0.25, 0.3) is 0 Å². The zero-order chi connectivity index (χ0) is 26.2. The Balaban J connectivity index is 0.000000346. The fraction of sp³-hybridized carbons (Fsp3) is 0.500. The summed E-state index contributed by atoms with van der Waals surface area (Å²) in [6.45, 7) is 12.1. The molecule has 0 radical (unpaired) electrons. The van der Waals surface area contributed by atoms with Gasteiger partial charge >= 0.3 is 6.09 Å². The molecule has 0 aromatic heterocycles. The van der Waals surface area contributed by atoms with Crippen LogP contribution >= 0.6 is 0 Å². The largest absolute Gasteiger partial charge is 0.453 e. The molecule has 0 saturated carbocycles. The zero-order valence-electron chi connectivity index (χ0n) is 22.2. The fourth-order valence-electron chi connectivity index (χ4n) is 3.99. The first kappa shape index (κ1) is 29.3. The van der Waals surface area contributed by atoms with Crippen molar-refractivity contribution in [2.75, 3.05) is 72.0 Å². The van der Waals surface area contributed by atoms with E-state index < -0.39 is 6.09 Å². The van der Waals surface area contributed by atoms with Crippen LogP contribution in [0.3, 0.4) is 0 Å². The summed E-state index contributed by atoms with van der Waals surface area (Å²) in [7, 11) is 3.10. The van der Waals surface area contributed by atoms with Crippen LogP contribution < -0.4 is 10.6 Å². The highest BCUT2D eigenvalue weighted by atomic mass is 16.5. The van der Waals surface area contributed by atoms with E-state index in [4.69, 9.17) is 4.74 Å². The summed E-state index contributed by atoms with van der Waals surface area (Å²) < 4.78 is 9.59. The number of carbonyl (C=O) groups excluding carboxylic acids is 2. The maximum atomic E-state index is 12.3. The van der Waals surface area contributed by atoms with Gasteiger partial charge in [0.1, 0.15) is 0 Å². The minimum atomic E-state index is -0.489. The zero-order valence-corrected chi connectivity index (χ0v) is 22.2. The number of anilines is 1. The van der Waals surface area contributed by atoms with Crippen molar-refractivity contribution in [3.63, 3.8) is 0 Å². The summed E-state index contributed by atoms with van der Waals surface area (Å²) in [6, 6.07) is 15.3. The number of nitrogens with one attached hydrogen (secondary N) is 2. The minimum absolute atomic E-state index is 0.0563. The molecule has 0 atom stereocenters. The number of ether oxygens (including phenoxy) is 2. The highest BCUT2D eigenvalue weighted by Crippen LogP contribution is 2.16. The Bertz CT molecular complexity index is 910. The van der Waals surface area contributed by atoms with Gasteiger partial charge in [-0.2, -0.15) is 0 Å². The average molecular weight is 499 g/mol. The molecule has 2 aromatic rings. The minimum Gasteiger partial charge on any atom is -0.453 e. The molecule has 0 aliphatic carbocycles. The van der Waals surface area contributed by atoms with Crippen LogP contribution in [0.15, 0.2) is 48.5 Å². The Morgan fingerprint density at radius 1 is 1.00 bits per heavy atom. The number of nitrogens with zero attached hydrogens (tertiary/aromatic N) is 2. The number of hydrogen-bond donors (Lipinski definition) is 2. The van der Waals surface area contributed by atoms with Gasteiger partial charge in [-0.05, 0) is 62.1 Å². The molecule has 2 aromatic carbocycles. The molecule has 1 saturated heterocycles. The lowest BCUT2D eigenvalue weighted by molar-refractivity contribution is 0.0773. The Hall–Kier alpha value is -2.94. The van der Waals surface area contributed by atoms with Crippen LogP contribution in [-0.2, 0) is 15.9 Å². The third-order valence-corrected chi connectivity index (χ3v) is 6.05. The van der Waals surface area contributed by atoms with Crippen LogP contribution in [-0.4, -0.2) is 88.4 Å². The number of hydrogen-bond acceptors (Lipinski definition) is 6. The van der Waals surface area contributed by atoms with Gasteiger partial charge in [-0.25, -0.2) is 4.79 Å². The van der Waals surface area contributed by atoms with Crippen molar-refractivity contribution in [2.45, 2.75) is 26.7 Å². The molecule has 3 rings (SSSR count). The lowest BCUT2D eigenvalue weighted by atomic mass is 10.0. The fourth-order valence-corrected chi connectivity index (χ4v) is 3.99. The number of rotatable bonds is 10. The van der Waals surface area contributed by atoms with Crippen LogP contribution in [0.2, 0.25) is 0 Å². The van der Waals surface area contributed by atoms with E-state index in [-0.39, 0.29) is 5.91 Å². The summed E-state index contributed by atoms with van der Waals surface area (Å²) in [6.07, 6.45) is 1.39. The van der Waals surface area contributed by atoms with Crippen LogP contribution in [0, 0.1) is 0 Å². The van der Waals surface area contributed by atoms with Crippen molar-refractivity contribution in [1.29, 1.82) is 0 Å². The molecule has 2 N–H and O–H groups in total. The van der Waals surface area contributed by atoms with E-state index in [0.29, 0.717) is 24.3 Å². The van der Waals surface area contributed by atoms with E-state index in [9.17, 15) is 9.59 Å². The van der Waals surface area contributed by atoms with E-state index in [0.717, 1.165) is 43.7 Å². The predicted molar refractivity (Wildman–Crippen MR) is 145 cm³/mol. The molecule has 0 unspecified atom stereocenters. The monoisotopic (exact) mass is 498 g/mol. The number of carbonyl (C=O) groups is 2. The Kier molecular flexibility index (Phi) is 13.6. The van der Waals surface area contributed by atoms with Gasteiger partial charge in [0.15, 0.2) is 0 Å². The number of methoxy groups -OCH3 is 2. The second-order valence-corrected chi connectivity index (χ2v) is 8.61. The first-order valence-electron chi connectivity index (χ1n) is 12.7. The predicted octanol–water partition coefficient (Wildman–Crippen LogP) is 3.87. The van der Waals surface area contributed by atoms with Crippen molar-refractivity contribution in [2.24, 2.45) is 0 Å². The molecule has 0 spiro atoms. The summed E-state index contributed by atoms with van der Waals surface area (Å²) in [5.41, 5.74) is 3.56. The van der Waals surface area contributed by atoms with Gasteiger partial charge in [-0.15, -0.1) is 0 Å². The quantitative estimate of drug-likeness (QED) is 0.484. The molecule has 198 valence electrons. The molecule has 1 aliphatic heterocycles. The summed E-state index contributed by atoms with van der Waals surface area (Å²) in [5, 5.41) is 5.99. The van der Waals surface area contributed by atoms with Gasteiger partial charge in [0.05, 0.1) is 7.11 Å². The molecule has 36 heavy (non-hydrogen) atoms. The van der Waals surface area contributed by atoms with Gasteiger partial charge in [0.2, 0.25) is 0 Å². The third kappa shape index (κ3) is 10.4. The molecule has 2 amide bonds. The van der Waals surface area contributed by atoms with Crippen molar-refractivity contribution < 1.29 is 19.1 Å². The van der Waals surface area contributed by atoms with Gasteiger partial charge in [-0.1, -0.05) is 24.3 Å². The normalized spacial score (nSPS) is 13.3. The molecule has 8 heteroatoms. The Morgan fingerprint density at radius 2 is 1.69 bits per heavy atom. The summed E-state index contributed by atoms with van der Waals surface area (Å²) in [5.74, 6) is 0.0563. The van der Waals surface area contributed by atoms with Gasteiger partial charge in [0, 0.05) is 70.8 Å². The molecule has 1 heterocycles. The van der Waals surface area contributed by atoms with Gasteiger partial charge in [-0.3, -0.25) is 10.1 Å². The topological polar surface area (TPSA) is 83.1 Å². The molecule has 8 nitrogen and oxygen atoms in total. The third-order valence-electron chi connectivity index (χ3n) is 6.05. The smallest absolute Gasteiger partial charge is 0.411 e. The second kappa shape index (κ2) is 16.7. The van der Waals surface area contributed by atoms with Crippen LogP contribution in [0.1, 0.15) is 41.8 Å². The van der Waals surface area contributed by atoms with Crippen molar-refractivity contribution in [1.82, 2.24) is 15.1 Å². The van der Waals surface area contributed by atoms with E-state index >= 15 is 0 Å². The molecule has 0 bridgehead atoms. The van der Waals surface area contributed by atoms with Crippen molar-refractivity contribution >= 4 is 17.7 Å². The summed E-state index contributed by atoms with van der Waals surface area (Å²) >= 11 is 0. The van der Waals surface area contributed by atoms with Crippen molar-refractivity contribution in [3.05, 3.63) is 65.2 Å². The standard InChI is InChI=1S/C20H24N2O3.C8H18N2O/c1-4-22(5-2)19(23)17-11-9-15(10-12-17)13-16-7-6-8-18(14-16)21-20(24)25-3;1-11-8-2-5-10-6-3-9-4-7-10/h6-12,14H,4-5,13H2,1-3H3,(H,21,24);9H,2-8H2,1H3. The maximum Gasteiger partial charge on any atom is 0.411 e. The van der Waals surface area contributed by atoms with Crippen molar-refractivity contribution in [3.8, 4) is 0 Å². The number of benzene rings is 2. The van der Waals surface area contributed by atoms with Crippen LogP contribution in [0.4, 0.5) is 10.5 Å². The molecule has 1 fully saturated rings. The van der Waals surface area contributed by atoms with Gasteiger partial charge < -0.3 is 24.6 Å². The first-order chi connectivity index (χ1) is 17.5. The Morgan fingerprint density at radius 3 is 2.31 bits per heavy atom. The molecular weight excluding hydrogens is 456 g/mol. The highest BCUT2D eigenvalue weighted by molar-refractivity contribution is 5.94.